The van der Waals surface area contributed by atoms with E-state index in [1.807, 2.05) is 36.4 Å². The molecule has 0 radical (unpaired) electrons. The highest BCUT2D eigenvalue weighted by atomic mass is 35.5. The zero-order chi connectivity index (χ0) is 24.5. The molecule has 35 heavy (non-hydrogen) atoms. The molecule has 0 atom stereocenters. The molecule has 3 aromatic carbocycles. The number of fused-ring (bicyclic) bond motifs is 1. The number of hydrogen-bond donors (Lipinski definition) is 1. The number of nitrogens with zero attached hydrogens (tertiary/aromatic N) is 2. The van der Waals surface area contributed by atoms with E-state index in [1.165, 1.54) is 0 Å². The van der Waals surface area contributed by atoms with E-state index >= 15 is 0 Å². The lowest BCUT2D eigenvalue weighted by Gasteiger charge is -2.18. The molecule has 1 aromatic heterocycles. The van der Waals surface area contributed by atoms with E-state index in [-0.39, 0.29) is 11.8 Å². The summed E-state index contributed by atoms with van der Waals surface area (Å²) in [6, 6.07) is 24.8. The van der Waals surface area contributed by atoms with Crippen LogP contribution in [0.25, 0.3) is 5.69 Å². The van der Waals surface area contributed by atoms with Crippen LogP contribution in [0.5, 0.6) is 0 Å². The van der Waals surface area contributed by atoms with Gasteiger partial charge in [0, 0.05) is 52.0 Å². The van der Waals surface area contributed by atoms with Crippen LogP contribution in [0.1, 0.15) is 43.2 Å². The SMILES string of the molecule is Cc1ccc(C)n1-c1ccc(C(=O)NCc2ccc3c(c2)CCN3C(=O)c2ccc(Cl)cc2)cc1. The van der Waals surface area contributed by atoms with Gasteiger partial charge in [0.2, 0.25) is 0 Å². The Labute approximate surface area is 210 Å². The number of hydrogen-bond acceptors (Lipinski definition) is 2. The molecule has 0 saturated heterocycles. The normalized spacial score (nSPS) is 12.5. The number of benzene rings is 3. The third kappa shape index (κ3) is 4.60. The van der Waals surface area contributed by atoms with Gasteiger partial charge in [0.1, 0.15) is 0 Å². The fourth-order valence-corrected chi connectivity index (χ4v) is 4.77. The van der Waals surface area contributed by atoms with Gasteiger partial charge in [0.15, 0.2) is 0 Å². The van der Waals surface area contributed by atoms with Crippen molar-refractivity contribution in [3.05, 3.63) is 118 Å². The van der Waals surface area contributed by atoms with Gasteiger partial charge >= 0.3 is 0 Å². The summed E-state index contributed by atoms with van der Waals surface area (Å²) in [6.45, 7) is 5.20. The fourth-order valence-electron chi connectivity index (χ4n) is 4.65. The summed E-state index contributed by atoms with van der Waals surface area (Å²) < 4.78 is 2.16. The third-order valence-corrected chi connectivity index (χ3v) is 6.74. The standard InChI is InChI=1S/C29H26ClN3O2/c1-19-3-4-20(2)33(19)26-12-8-22(9-13-26)28(34)31-18-21-5-14-27-24(17-21)15-16-32(27)29(35)23-6-10-25(30)11-7-23/h3-14,17H,15-16,18H2,1-2H3,(H,31,34). The minimum Gasteiger partial charge on any atom is -0.348 e. The Bertz CT molecular complexity index is 1390. The Morgan fingerprint density at radius 1 is 0.857 bits per heavy atom. The Morgan fingerprint density at radius 2 is 1.51 bits per heavy atom. The van der Waals surface area contributed by atoms with E-state index in [0.717, 1.165) is 40.3 Å². The minimum absolute atomic E-state index is 0.0322. The smallest absolute Gasteiger partial charge is 0.258 e. The van der Waals surface area contributed by atoms with E-state index in [1.54, 1.807) is 29.2 Å². The summed E-state index contributed by atoms with van der Waals surface area (Å²) in [6.07, 6.45) is 0.788. The molecule has 0 saturated carbocycles. The van der Waals surface area contributed by atoms with Gasteiger partial charge < -0.3 is 14.8 Å². The second kappa shape index (κ2) is 9.43. The first-order chi connectivity index (χ1) is 16.9. The van der Waals surface area contributed by atoms with Crippen LogP contribution in [0.15, 0.2) is 78.9 Å². The first-order valence-electron chi connectivity index (χ1n) is 11.6. The molecule has 1 N–H and O–H groups in total. The van der Waals surface area contributed by atoms with E-state index in [4.69, 9.17) is 11.6 Å². The van der Waals surface area contributed by atoms with Gasteiger partial charge in [0.05, 0.1) is 0 Å². The highest BCUT2D eigenvalue weighted by Gasteiger charge is 2.25. The average Bonchev–Trinajstić information content (AvgIpc) is 3.44. The molecule has 4 aromatic rings. The van der Waals surface area contributed by atoms with Crippen LogP contribution in [0.4, 0.5) is 5.69 Å². The summed E-state index contributed by atoms with van der Waals surface area (Å²) >= 11 is 5.95. The summed E-state index contributed by atoms with van der Waals surface area (Å²) in [5.41, 5.74) is 7.64. The molecule has 2 amide bonds. The van der Waals surface area contributed by atoms with Crippen molar-refractivity contribution in [3.8, 4) is 5.69 Å². The topological polar surface area (TPSA) is 54.3 Å². The number of halogens is 1. The molecule has 176 valence electrons. The lowest BCUT2D eigenvalue weighted by Crippen LogP contribution is -2.28. The molecule has 5 rings (SSSR count). The number of carbonyl (C=O) groups is 2. The van der Waals surface area contributed by atoms with E-state index < -0.39 is 0 Å². The highest BCUT2D eigenvalue weighted by Crippen LogP contribution is 2.30. The molecule has 0 fully saturated rings. The maximum Gasteiger partial charge on any atom is 0.258 e. The largest absolute Gasteiger partial charge is 0.348 e. The number of rotatable bonds is 5. The van der Waals surface area contributed by atoms with Crippen LogP contribution >= 0.6 is 11.6 Å². The van der Waals surface area contributed by atoms with Crippen molar-refractivity contribution in [1.82, 2.24) is 9.88 Å². The second-order valence-corrected chi connectivity index (χ2v) is 9.29. The van der Waals surface area contributed by atoms with Crippen molar-refractivity contribution in [2.24, 2.45) is 0 Å². The molecule has 2 heterocycles. The maximum atomic E-state index is 12.9. The average molecular weight is 484 g/mol. The quantitative estimate of drug-likeness (QED) is 0.385. The van der Waals surface area contributed by atoms with Crippen molar-refractivity contribution in [2.75, 3.05) is 11.4 Å². The first kappa shape index (κ1) is 22.9. The number of aryl methyl sites for hydroxylation is 2. The number of aromatic nitrogens is 1. The summed E-state index contributed by atoms with van der Waals surface area (Å²) in [7, 11) is 0. The monoisotopic (exact) mass is 483 g/mol. The molecular formula is C29H26ClN3O2. The van der Waals surface area contributed by atoms with Gasteiger partial charge in [-0.05, 0) is 98.1 Å². The van der Waals surface area contributed by atoms with E-state index in [0.29, 0.717) is 29.2 Å². The van der Waals surface area contributed by atoms with Crippen LogP contribution in [0, 0.1) is 13.8 Å². The highest BCUT2D eigenvalue weighted by molar-refractivity contribution is 6.30. The molecule has 5 nitrogen and oxygen atoms in total. The number of anilines is 1. The molecule has 6 heteroatoms. The van der Waals surface area contributed by atoms with Gasteiger partial charge in [-0.2, -0.15) is 0 Å². The van der Waals surface area contributed by atoms with Crippen molar-refractivity contribution >= 4 is 29.1 Å². The Kier molecular flexibility index (Phi) is 6.18. The van der Waals surface area contributed by atoms with Gasteiger partial charge in [-0.15, -0.1) is 0 Å². The van der Waals surface area contributed by atoms with Crippen molar-refractivity contribution in [3.63, 3.8) is 0 Å². The maximum absolute atomic E-state index is 12.9. The molecule has 0 aliphatic carbocycles. The van der Waals surface area contributed by atoms with Crippen molar-refractivity contribution in [2.45, 2.75) is 26.8 Å². The number of amides is 2. The van der Waals surface area contributed by atoms with Gasteiger partial charge in [-0.1, -0.05) is 23.7 Å². The zero-order valence-electron chi connectivity index (χ0n) is 19.7. The Morgan fingerprint density at radius 3 is 2.20 bits per heavy atom. The lowest BCUT2D eigenvalue weighted by atomic mass is 10.1. The summed E-state index contributed by atoms with van der Waals surface area (Å²) in [5.74, 6) is -0.146. The van der Waals surface area contributed by atoms with E-state index in [9.17, 15) is 9.59 Å². The predicted molar refractivity (Wildman–Crippen MR) is 140 cm³/mol. The van der Waals surface area contributed by atoms with Crippen LogP contribution in [0.2, 0.25) is 5.02 Å². The van der Waals surface area contributed by atoms with Crippen molar-refractivity contribution < 1.29 is 9.59 Å². The Hall–Kier alpha value is -3.83. The van der Waals surface area contributed by atoms with E-state index in [2.05, 4.69) is 41.9 Å². The van der Waals surface area contributed by atoms with Crippen LogP contribution in [0.3, 0.4) is 0 Å². The predicted octanol–water partition coefficient (Wildman–Crippen LogP) is 5.88. The number of nitrogens with one attached hydrogen (secondary N) is 1. The molecular weight excluding hydrogens is 458 g/mol. The lowest BCUT2D eigenvalue weighted by molar-refractivity contribution is 0.0949. The third-order valence-electron chi connectivity index (χ3n) is 6.49. The van der Waals surface area contributed by atoms with Gasteiger partial charge in [-0.25, -0.2) is 0 Å². The first-order valence-corrected chi connectivity index (χ1v) is 12.0. The molecule has 1 aliphatic rings. The summed E-state index contributed by atoms with van der Waals surface area (Å²) in [4.78, 5) is 27.5. The van der Waals surface area contributed by atoms with Crippen molar-refractivity contribution in [1.29, 1.82) is 0 Å². The molecule has 1 aliphatic heterocycles. The van der Waals surface area contributed by atoms with Crippen LogP contribution in [-0.4, -0.2) is 22.9 Å². The van der Waals surface area contributed by atoms with Crippen LogP contribution in [-0.2, 0) is 13.0 Å². The summed E-state index contributed by atoms with van der Waals surface area (Å²) in [5, 5.41) is 3.62. The minimum atomic E-state index is -0.113. The number of carbonyl (C=O) groups excluding carboxylic acids is 2. The molecule has 0 bridgehead atoms. The molecule has 0 unspecified atom stereocenters. The zero-order valence-corrected chi connectivity index (χ0v) is 20.5. The Balaban J connectivity index is 1.24. The molecule has 0 spiro atoms. The fraction of sp³-hybridized carbons (Fsp3) is 0.172. The second-order valence-electron chi connectivity index (χ2n) is 8.86. The van der Waals surface area contributed by atoms with Gasteiger partial charge in [0.25, 0.3) is 11.8 Å². The van der Waals surface area contributed by atoms with Gasteiger partial charge in [-0.3, -0.25) is 9.59 Å². The van der Waals surface area contributed by atoms with Crippen LogP contribution < -0.4 is 10.2 Å².